The van der Waals surface area contributed by atoms with Gasteiger partial charge in [0, 0.05) is 24.5 Å². The third kappa shape index (κ3) is 5.14. The maximum absolute atomic E-state index is 13.7. The fourth-order valence-corrected chi connectivity index (χ4v) is 6.81. The van der Waals surface area contributed by atoms with Crippen LogP contribution in [0.2, 0.25) is 0 Å². The zero-order valence-electron chi connectivity index (χ0n) is 22.6. The lowest BCUT2D eigenvalue weighted by atomic mass is 10.0. The highest BCUT2D eigenvalue weighted by Gasteiger charge is 2.31. The Kier molecular flexibility index (Phi) is 7.42. The minimum Gasteiger partial charge on any atom is -0.495 e. The summed E-state index contributed by atoms with van der Waals surface area (Å²) in [7, 11) is -2.36. The Hall–Kier alpha value is -3.76. The zero-order valence-corrected chi connectivity index (χ0v) is 23.5. The van der Waals surface area contributed by atoms with Crippen LogP contribution >= 0.6 is 0 Å². The van der Waals surface area contributed by atoms with Crippen molar-refractivity contribution in [3.8, 4) is 16.9 Å². The maximum Gasteiger partial charge on any atom is 0.273 e. The van der Waals surface area contributed by atoms with Crippen molar-refractivity contribution in [1.82, 2.24) is 24.2 Å². The Labute approximate surface area is 228 Å². The van der Waals surface area contributed by atoms with Gasteiger partial charge in [-0.25, -0.2) is 17.9 Å². The summed E-state index contributed by atoms with van der Waals surface area (Å²) >= 11 is 0. The summed E-state index contributed by atoms with van der Waals surface area (Å²) in [6.07, 6.45) is 2.65. The second kappa shape index (κ2) is 10.8. The molecule has 1 fully saturated rings. The predicted molar refractivity (Wildman–Crippen MR) is 149 cm³/mol. The van der Waals surface area contributed by atoms with Crippen molar-refractivity contribution in [1.29, 1.82) is 0 Å². The van der Waals surface area contributed by atoms with Crippen LogP contribution in [-0.2, 0) is 10.0 Å². The second-order valence-electron chi connectivity index (χ2n) is 9.93. The first-order valence-electron chi connectivity index (χ1n) is 13.1. The van der Waals surface area contributed by atoms with E-state index in [1.165, 1.54) is 11.4 Å². The molecule has 10 heteroatoms. The Morgan fingerprint density at radius 3 is 2.44 bits per heavy atom. The molecule has 0 saturated carbocycles. The molecule has 1 N–H and O–H groups in total. The van der Waals surface area contributed by atoms with Gasteiger partial charge in [-0.3, -0.25) is 4.79 Å². The van der Waals surface area contributed by atoms with Crippen molar-refractivity contribution < 1.29 is 17.9 Å². The molecule has 1 aliphatic heterocycles. The molecule has 2 aromatic carbocycles. The van der Waals surface area contributed by atoms with Crippen molar-refractivity contribution in [2.45, 2.75) is 51.0 Å². The highest BCUT2D eigenvalue weighted by molar-refractivity contribution is 7.89. The summed E-state index contributed by atoms with van der Waals surface area (Å²) in [5.74, 6) is -0.120. The molecule has 1 atom stereocenters. The van der Waals surface area contributed by atoms with Crippen LogP contribution in [0.1, 0.15) is 59.7 Å². The van der Waals surface area contributed by atoms with Gasteiger partial charge in [-0.1, -0.05) is 42.8 Å². The molecule has 39 heavy (non-hydrogen) atoms. The molecule has 1 aliphatic rings. The summed E-state index contributed by atoms with van der Waals surface area (Å²) in [5.41, 5.74) is 4.18. The third-order valence-electron chi connectivity index (χ3n) is 7.14. The number of ether oxygens (including phenoxy) is 1. The summed E-state index contributed by atoms with van der Waals surface area (Å²) < 4.78 is 36.0. The average molecular weight is 548 g/mol. The van der Waals surface area contributed by atoms with Gasteiger partial charge in [0.25, 0.3) is 5.91 Å². The normalized spacial score (nSPS) is 15.3. The largest absolute Gasteiger partial charge is 0.495 e. The lowest BCUT2D eigenvalue weighted by Crippen LogP contribution is -2.35. The summed E-state index contributed by atoms with van der Waals surface area (Å²) in [5, 5.41) is 7.69. The van der Waals surface area contributed by atoms with Crippen molar-refractivity contribution in [3.63, 3.8) is 0 Å². The molecule has 9 nitrogen and oxygen atoms in total. The van der Waals surface area contributed by atoms with E-state index in [4.69, 9.17) is 9.72 Å². The van der Waals surface area contributed by atoms with Crippen LogP contribution in [0.4, 0.5) is 0 Å². The standard InChI is InChI=1S/C29H33N5O4S/c1-19-17-20(2)34-28(30-19)26(27(32-34)29(35)31-21(3)22-11-7-5-8-12-22)23-13-14-24(38-4)25(18-23)39(36,37)33-15-9-6-10-16-33/h5,7-8,11-14,17-18,21H,6,9-10,15-16H2,1-4H3,(H,31,35)/t21-/m1/s1. The van der Waals surface area contributed by atoms with E-state index in [0.29, 0.717) is 29.9 Å². The van der Waals surface area contributed by atoms with Crippen molar-refractivity contribution in [2.24, 2.45) is 0 Å². The number of aryl methyl sites for hydroxylation is 2. The number of methoxy groups -OCH3 is 1. The fraction of sp³-hybridized carbons (Fsp3) is 0.345. The van der Waals surface area contributed by atoms with Crippen LogP contribution in [0.3, 0.4) is 0 Å². The maximum atomic E-state index is 13.7. The number of benzene rings is 2. The zero-order chi connectivity index (χ0) is 27.7. The van der Waals surface area contributed by atoms with Gasteiger partial charge in [-0.05, 0) is 62.9 Å². The van der Waals surface area contributed by atoms with Gasteiger partial charge in [-0.15, -0.1) is 0 Å². The number of sulfonamides is 1. The third-order valence-corrected chi connectivity index (χ3v) is 9.06. The number of aromatic nitrogens is 3. The molecular weight excluding hydrogens is 514 g/mol. The van der Waals surface area contributed by atoms with E-state index >= 15 is 0 Å². The van der Waals surface area contributed by atoms with Crippen molar-refractivity contribution in [3.05, 3.63) is 77.2 Å². The van der Waals surface area contributed by atoms with E-state index in [9.17, 15) is 13.2 Å². The van der Waals surface area contributed by atoms with E-state index in [0.717, 1.165) is 36.2 Å². The lowest BCUT2D eigenvalue weighted by molar-refractivity contribution is 0.0935. The minimum absolute atomic E-state index is 0.0668. The first-order chi connectivity index (χ1) is 18.7. The van der Waals surface area contributed by atoms with Crippen LogP contribution in [-0.4, -0.2) is 53.4 Å². The van der Waals surface area contributed by atoms with Crippen LogP contribution in [0, 0.1) is 13.8 Å². The number of hydrogen-bond donors (Lipinski definition) is 1. The van der Waals surface area contributed by atoms with E-state index in [1.54, 1.807) is 22.7 Å². The first kappa shape index (κ1) is 26.8. The molecule has 3 heterocycles. The van der Waals surface area contributed by atoms with Gasteiger partial charge < -0.3 is 10.1 Å². The van der Waals surface area contributed by atoms with Crippen LogP contribution in [0.5, 0.6) is 5.75 Å². The number of nitrogens with zero attached hydrogens (tertiary/aromatic N) is 4. The number of fused-ring (bicyclic) bond motifs is 1. The number of carbonyl (C=O) groups excluding carboxylic acids is 1. The molecule has 0 spiro atoms. The van der Waals surface area contributed by atoms with Crippen molar-refractivity contribution in [2.75, 3.05) is 20.2 Å². The number of piperidine rings is 1. The highest BCUT2D eigenvalue weighted by atomic mass is 32.2. The van der Waals surface area contributed by atoms with Crippen molar-refractivity contribution >= 4 is 21.6 Å². The average Bonchev–Trinajstić information content (AvgIpc) is 3.33. The molecule has 4 aromatic rings. The van der Waals surface area contributed by atoms with Gasteiger partial charge in [0.05, 0.1) is 18.7 Å². The van der Waals surface area contributed by atoms with Gasteiger partial charge >= 0.3 is 0 Å². The molecule has 5 rings (SSSR count). The predicted octanol–water partition coefficient (Wildman–Crippen LogP) is 4.69. The lowest BCUT2D eigenvalue weighted by Gasteiger charge is -2.26. The van der Waals surface area contributed by atoms with E-state index in [2.05, 4.69) is 10.4 Å². The van der Waals surface area contributed by atoms with Crippen LogP contribution < -0.4 is 10.1 Å². The van der Waals surface area contributed by atoms with Gasteiger partial charge in [0.15, 0.2) is 11.3 Å². The molecule has 0 unspecified atom stereocenters. The molecular formula is C29H33N5O4S. The molecule has 1 saturated heterocycles. The monoisotopic (exact) mass is 547 g/mol. The summed E-state index contributed by atoms with van der Waals surface area (Å²) in [6.45, 7) is 6.62. The Morgan fingerprint density at radius 2 is 1.74 bits per heavy atom. The van der Waals surface area contributed by atoms with Crippen LogP contribution in [0.15, 0.2) is 59.5 Å². The number of amides is 1. The van der Waals surface area contributed by atoms with E-state index in [-0.39, 0.29) is 28.3 Å². The Morgan fingerprint density at radius 1 is 1.03 bits per heavy atom. The molecule has 0 aliphatic carbocycles. The number of carbonyl (C=O) groups is 1. The SMILES string of the molecule is COc1ccc(-c2c(C(=O)N[C@H](C)c3ccccc3)nn3c(C)cc(C)nc23)cc1S(=O)(=O)N1CCCCC1. The highest BCUT2D eigenvalue weighted by Crippen LogP contribution is 2.36. The number of nitrogens with one attached hydrogen (secondary N) is 1. The molecule has 0 radical (unpaired) electrons. The van der Waals surface area contributed by atoms with E-state index in [1.807, 2.05) is 57.2 Å². The van der Waals surface area contributed by atoms with Gasteiger partial charge in [0.1, 0.15) is 10.6 Å². The molecule has 0 bridgehead atoms. The summed E-state index contributed by atoms with van der Waals surface area (Å²) in [6, 6.07) is 16.3. The molecule has 1 amide bonds. The number of rotatable bonds is 7. The van der Waals surface area contributed by atoms with Gasteiger partial charge in [0.2, 0.25) is 10.0 Å². The van der Waals surface area contributed by atoms with Gasteiger partial charge in [-0.2, -0.15) is 9.40 Å². The Bertz CT molecular complexity index is 1630. The minimum atomic E-state index is -3.82. The Balaban J connectivity index is 1.65. The van der Waals surface area contributed by atoms with Crippen LogP contribution in [0.25, 0.3) is 16.8 Å². The number of hydrogen-bond acceptors (Lipinski definition) is 6. The second-order valence-corrected chi connectivity index (χ2v) is 11.8. The summed E-state index contributed by atoms with van der Waals surface area (Å²) in [4.78, 5) is 18.4. The smallest absolute Gasteiger partial charge is 0.273 e. The quantitative estimate of drug-likeness (QED) is 0.360. The van der Waals surface area contributed by atoms with E-state index < -0.39 is 10.0 Å². The fourth-order valence-electron chi connectivity index (χ4n) is 5.11. The first-order valence-corrected chi connectivity index (χ1v) is 14.6. The molecule has 204 valence electrons. The molecule has 2 aromatic heterocycles. The topological polar surface area (TPSA) is 106 Å².